The number of anilines is 1. The molecule has 2 atom stereocenters. The van der Waals surface area contributed by atoms with E-state index in [1.54, 1.807) is 29.6 Å². The van der Waals surface area contributed by atoms with Gasteiger partial charge in [0, 0.05) is 36.9 Å². The number of rotatable bonds is 5. The topological polar surface area (TPSA) is 113 Å². The molecule has 1 aliphatic rings. The van der Waals surface area contributed by atoms with Gasteiger partial charge in [-0.1, -0.05) is 32.6 Å². The molecule has 5 heterocycles. The maximum Gasteiger partial charge on any atom is 0.355 e. The smallest absolute Gasteiger partial charge is 0.349 e. The van der Waals surface area contributed by atoms with E-state index in [1.807, 2.05) is 51.7 Å². The standard InChI is InChI=1S/C32H33FN8O2/c1-7-25(42)39-14-20(6)40(15-19(39)5)30-22-13-23(33)27(21-9-8-10-24-28(21)36-16-35-24)37-31(22)41(32(43)38-30)29-18(4)11-12-34-26(29)17(2)3/h7-13,16-17,19-20H,1,14-15H2,2-6H3,(H,35,36). The molecule has 0 radical (unpaired) electrons. The van der Waals surface area contributed by atoms with E-state index in [1.165, 1.54) is 16.7 Å². The maximum atomic E-state index is 16.2. The van der Waals surface area contributed by atoms with Crippen LogP contribution in [0.4, 0.5) is 10.2 Å². The number of pyridine rings is 2. The Hall–Kier alpha value is -4.93. The van der Waals surface area contributed by atoms with Gasteiger partial charge in [0.15, 0.2) is 5.65 Å². The van der Waals surface area contributed by atoms with E-state index in [4.69, 9.17) is 4.98 Å². The number of halogens is 1. The summed E-state index contributed by atoms with van der Waals surface area (Å²) in [5, 5.41) is 0.385. The first kappa shape index (κ1) is 28.2. The number of carbonyl (C=O) groups is 1. The number of carbonyl (C=O) groups excluding carboxylic acids is 1. The first-order chi connectivity index (χ1) is 20.6. The van der Waals surface area contributed by atoms with Crippen LogP contribution in [0.2, 0.25) is 0 Å². The molecule has 1 N–H and O–H groups in total. The quantitative estimate of drug-likeness (QED) is 0.294. The second kappa shape index (κ2) is 10.7. The third-order valence-electron chi connectivity index (χ3n) is 8.15. The van der Waals surface area contributed by atoms with Crippen LogP contribution in [0.25, 0.3) is 39.0 Å². The minimum absolute atomic E-state index is 0.00871. The van der Waals surface area contributed by atoms with Crippen molar-refractivity contribution in [2.45, 2.75) is 52.6 Å². The number of piperazine rings is 1. The van der Waals surface area contributed by atoms with Crippen LogP contribution in [-0.2, 0) is 4.79 Å². The molecule has 43 heavy (non-hydrogen) atoms. The zero-order valence-corrected chi connectivity index (χ0v) is 24.8. The fourth-order valence-electron chi connectivity index (χ4n) is 6.00. The summed E-state index contributed by atoms with van der Waals surface area (Å²) in [6.45, 7) is 14.2. The summed E-state index contributed by atoms with van der Waals surface area (Å²) in [6.07, 6.45) is 4.57. The van der Waals surface area contributed by atoms with Crippen molar-refractivity contribution < 1.29 is 9.18 Å². The molecular formula is C32H33FN8O2. The molecule has 10 nitrogen and oxygen atoms in total. The Morgan fingerprint density at radius 1 is 1.14 bits per heavy atom. The number of nitrogens with zero attached hydrogens (tertiary/aromatic N) is 7. The summed E-state index contributed by atoms with van der Waals surface area (Å²) in [4.78, 5) is 51.8. The van der Waals surface area contributed by atoms with E-state index in [9.17, 15) is 9.59 Å². The highest BCUT2D eigenvalue weighted by Gasteiger charge is 2.34. The van der Waals surface area contributed by atoms with Gasteiger partial charge in [0.1, 0.15) is 17.3 Å². The Kier molecular flexibility index (Phi) is 7.03. The van der Waals surface area contributed by atoms with Crippen LogP contribution >= 0.6 is 0 Å². The average molecular weight is 581 g/mol. The highest BCUT2D eigenvalue weighted by atomic mass is 19.1. The Bertz CT molecular complexity index is 1960. The number of aromatic nitrogens is 6. The molecule has 5 aromatic rings. The minimum Gasteiger partial charge on any atom is -0.349 e. The lowest BCUT2D eigenvalue weighted by Gasteiger charge is -2.44. The van der Waals surface area contributed by atoms with Crippen LogP contribution in [0, 0.1) is 12.7 Å². The molecule has 220 valence electrons. The Labute approximate surface area is 247 Å². The molecule has 6 rings (SSSR count). The second-order valence-corrected chi connectivity index (χ2v) is 11.4. The molecule has 0 spiro atoms. The molecule has 1 saturated heterocycles. The molecule has 0 aliphatic carbocycles. The van der Waals surface area contributed by atoms with Crippen molar-refractivity contribution in [3.63, 3.8) is 0 Å². The molecule has 1 fully saturated rings. The summed E-state index contributed by atoms with van der Waals surface area (Å²) < 4.78 is 17.6. The van der Waals surface area contributed by atoms with Gasteiger partial charge in [-0.05, 0) is 56.5 Å². The number of nitrogens with one attached hydrogen (secondary N) is 1. The monoisotopic (exact) mass is 580 g/mol. The Balaban J connectivity index is 1.66. The number of fused-ring (bicyclic) bond motifs is 2. The average Bonchev–Trinajstić information content (AvgIpc) is 3.47. The fraction of sp³-hybridized carbons (Fsp3) is 0.312. The van der Waals surface area contributed by atoms with Crippen LogP contribution in [0.5, 0.6) is 0 Å². The first-order valence-corrected chi connectivity index (χ1v) is 14.3. The molecule has 1 amide bonds. The lowest BCUT2D eigenvalue weighted by atomic mass is 10.0. The third kappa shape index (κ3) is 4.65. The number of H-pyrrole nitrogens is 1. The highest BCUT2D eigenvalue weighted by molar-refractivity contribution is 5.95. The first-order valence-electron chi connectivity index (χ1n) is 14.3. The summed E-state index contributed by atoms with van der Waals surface area (Å²) in [6, 6.07) is 8.26. The Morgan fingerprint density at radius 3 is 2.67 bits per heavy atom. The predicted octanol–water partition coefficient (Wildman–Crippen LogP) is 4.90. The van der Waals surface area contributed by atoms with Crippen molar-refractivity contribution >= 4 is 33.8 Å². The van der Waals surface area contributed by atoms with Gasteiger partial charge in [-0.3, -0.25) is 9.78 Å². The van der Waals surface area contributed by atoms with Gasteiger partial charge in [0.2, 0.25) is 5.91 Å². The number of aromatic amines is 1. The predicted molar refractivity (Wildman–Crippen MR) is 165 cm³/mol. The SMILES string of the molecule is C=CC(=O)N1CC(C)N(c2nc(=O)n(-c3c(C)ccnc3C(C)C)c3nc(-c4cccc5[nH]cnc45)c(F)cc23)CC1C. The van der Waals surface area contributed by atoms with Crippen molar-refractivity contribution in [2.24, 2.45) is 0 Å². The largest absolute Gasteiger partial charge is 0.355 e. The number of imidazole rings is 1. The molecular weight excluding hydrogens is 547 g/mol. The molecule has 11 heteroatoms. The van der Waals surface area contributed by atoms with Gasteiger partial charge in [-0.25, -0.2) is 23.7 Å². The molecule has 1 aromatic carbocycles. The number of para-hydroxylation sites is 1. The number of aryl methyl sites for hydroxylation is 1. The lowest BCUT2D eigenvalue weighted by Crippen LogP contribution is -2.58. The third-order valence-corrected chi connectivity index (χ3v) is 8.15. The van der Waals surface area contributed by atoms with Gasteiger partial charge in [0.05, 0.1) is 34.1 Å². The summed E-state index contributed by atoms with van der Waals surface area (Å²) >= 11 is 0. The molecule has 2 unspecified atom stereocenters. The van der Waals surface area contributed by atoms with E-state index >= 15 is 4.39 Å². The van der Waals surface area contributed by atoms with E-state index in [0.29, 0.717) is 46.8 Å². The van der Waals surface area contributed by atoms with E-state index < -0.39 is 11.5 Å². The van der Waals surface area contributed by atoms with Crippen LogP contribution in [0.1, 0.15) is 44.9 Å². The van der Waals surface area contributed by atoms with Crippen molar-refractivity contribution in [1.29, 1.82) is 0 Å². The van der Waals surface area contributed by atoms with Crippen molar-refractivity contribution in [3.8, 4) is 16.9 Å². The highest BCUT2D eigenvalue weighted by Crippen LogP contribution is 2.35. The molecule has 0 bridgehead atoms. The van der Waals surface area contributed by atoms with Crippen molar-refractivity contribution in [3.05, 3.63) is 83.1 Å². The van der Waals surface area contributed by atoms with Gasteiger partial charge in [-0.15, -0.1) is 0 Å². The van der Waals surface area contributed by atoms with Gasteiger partial charge < -0.3 is 14.8 Å². The van der Waals surface area contributed by atoms with Gasteiger partial charge in [0.25, 0.3) is 0 Å². The Morgan fingerprint density at radius 2 is 1.93 bits per heavy atom. The molecule has 1 aliphatic heterocycles. The molecule has 4 aromatic heterocycles. The maximum absolute atomic E-state index is 16.2. The van der Waals surface area contributed by atoms with Crippen LogP contribution in [-0.4, -0.2) is 65.5 Å². The van der Waals surface area contributed by atoms with Crippen LogP contribution in [0.15, 0.2) is 60.3 Å². The number of amides is 1. The zero-order chi connectivity index (χ0) is 30.6. The normalized spacial score (nSPS) is 17.3. The number of hydrogen-bond donors (Lipinski definition) is 1. The minimum atomic E-state index is -0.565. The summed E-state index contributed by atoms with van der Waals surface area (Å²) in [5.74, 6) is -0.412. The van der Waals surface area contributed by atoms with Gasteiger partial charge in [-0.2, -0.15) is 4.98 Å². The fourth-order valence-corrected chi connectivity index (χ4v) is 6.00. The number of hydrogen-bond acceptors (Lipinski definition) is 7. The van der Waals surface area contributed by atoms with Gasteiger partial charge >= 0.3 is 5.69 Å². The van der Waals surface area contributed by atoms with Crippen LogP contribution in [0.3, 0.4) is 0 Å². The van der Waals surface area contributed by atoms with Crippen LogP contribution < -0.4 is 10.6 Å². The lowest BCUT2D eigenvalue weighted by molar-refractivity contribution is -0.128. The van der Waals surface area contributed by atoms with Crippen molar-refractivity contribution in [2.75, 3.05) is 18.0 Å². The zero-order valence-electron chi connectivity index (χ0n) is 24.8. The second-order valence-electron chi connectivity index (χ2n) is 11.4. The van der Waals surface area contributed by atoms with E-state index in [2.05, 4.69) is 26.5 Å². The van der Waals surface area contributed by atoms with E-state index in [-0.39, 0.29) is 35.2 Å². The summed E-state index contributed by atoms with van der Waals surface area (Å²) in [7, 11) is 0. The van der Waals surface area contributed by atoms with E-state index in [0.717, 1.165) is 11.1 Å². The van der Waals surface area contributed by atoms with Crippen molar-refractivity contribution in [1.82, 2.24) is 34.4 Å². The summed E-state index contributed by atoms with van der Waals surface area (Å²) in [5.41, 5.74) is 3.71. The molecule has 0 saturated carbocycles. The number of benzene rings is 1.